The molecule has 84 valence electrons. The highest BCUT2D eigenvalue weighted by atomic mass is 32.1. The number of ether oxygens (including phenoxy) is 1. The van der Waals surface area contributed by atoms with Crippen molar-refractivity contribution in [3.8, 4) is 0 Å². The molecular weight excluding hydrogens is 206 g/mol. The predicted molar refractivity (Wildman–Crippen MR) is 64.3 cm³/mol. The van der Waals surface area contributed by atoms with Crippen molar-refractivity contribution in [2.24, 2.45) is 0 Å². The molecule has 1 aliphatic rings. The first kappa shape index (κ1) is 11.1. The van der Waals surface area contributed by atoms with Crippen LogP contribution in [0.15, 0.2) is 16.8 Å². The fraction of sp³-hybridized carbons (Fsp3) is 0.667. The molecule has 15 heavy (non-hydrogen) atoms. The zero-order valence-corrected chi connectivity index (χ0v) is 10.1. The Morgan fingerprint density at radius 2 is 2.53 bits per heavy atom. The molecule has 1 saturated heterocycles. The van der Waals surface area contributed by atoms with Gasteiger partial charge in [-0.3, -0.25) is 0 Å². The minimum atomic E-state index is 0.430. The third-order valence-corrected chi connectivity index (χ3v) is 3.67. The highest BCUT2D eigenvalue weighted by Crippen LogP contribution is 2.17. The molecule has 1 aromatic heterocycles. The lowest BCUT2D eigenvalue weighted by Gasteiger charge is -2.24. The Balaban J connectivity index is 1.73. The van der Waals surface area contributed by atoms with E-state index in [1.807, 2.05) is 0 Å². The summed E-state index contributed by atoms with van der Waals surface area (Å²) in [5, 5.41) is 7.87. The van der Waals surface area contributed by atoms with Gasteiger partial charge in [0.15, 0.2) is 0 Å². The molecule has 0 spiro atoms. The highest BCUT2D eigenvalue weighted by molar-refractivity contribution is 7.07. The minimum absolute atomic E-state index is 0.430. The predicted octanol–water partition coefficient (Wildman–Crippen LogP) is 2.97. The molecule has 2 rings (SSSR count). The standard InChI is InChI=1S/C12H19NOS/c1-10(11-5-7-15-9-11)13-8-12-4-2-3-6-14-12/h5,7,9-10,12-13H,2-4,6,8H2,1H3. The van der Waals surface area contributed by atoms with E-state index in [9.17, 15) is 0 Å². The van der Waals surface area contributed by atoms with Gasteiger partial charge in [-0.1, -0.05) is 0 Å². The lowest BCUT2D eigenvalue weighted by Crippen LogP contribution is -2.33. The van der Waals surface area contributed by atoms with Crippen molar-refractivity contribution in [3.63, 3.8) is 0 Å². The van der Waals surface area contributed by atoms with E-state index in [1.165, 1.54) is 24.8 Å². The van der Waals surface area contributed by atoms with Crippen LogP contribution < -0.4 is 5.32 Å². The van der Waals surface area contributed by atoms with Crippen molar-refractivity contribution < 1.29 is 4.74 Å². The maximum Gasteiger partial charge on any atom is 0.0699 e. The van der Waals surface area contributed by atoms with E-state index in [0.29, 0.717) is 12.1 Å². The molecule has 2 atom stereocenters. The first-order valence-corrected chi connectivity index (χ1v) is 6.67. The summed E-state index contributed by atoms with van der Waals surface area (Å²) >= 11 is 1.76. The molecule has 0 aliphatic carbocycles. The monoisotopic (exact) mass is 225 g/mol. The third kappa shape index (κ3) is 3.30. The van der Waals surface area contributed by atoms with E-state index in [2.05, 4.69) is 29.1 Å². The van der Waals surface area contributed by atoms with Gasteiger partial charge in [-0.2, -0.15) is 11.3 Å². The van der Waals surface area contributed by atoms with Crippen LogP contribution in [0.5, 0.6) is 0 Å². The van der Waals surface area contributed by atoms with Crippen LogP contribution in [0.1, 0.15) is 37.8 Å². The van der Waals surface area contributed by atoms with Gasteiger partial charge in [0.1, 0.15) is 0 Å². The van der Waals surface area contributed by atoms with Gasteiger partial charge in [0, 0.05) is 19.2 Å². The van der Waals surface area contributed by atoms with Crippen LogP contribution in [0.3, 0.4) is 0 Å². The van der Waals surface area contributed by atoms with Gasteiger partial charge in [-0.05, 0) is 48.6 Å². The van der Waals surface area contributed by atoms with Crippen molar-refractivity contribution in [1.82, 2.24) is 5.32 Å². The lowest BCUT2D eigenvalue weighted by molar-refractivity contribution is 0.0156. The second kappa shape index (κ2) is 5.64. The number of hydrogen-bond acceptors (Lipinski definition) is 3. The zero-order valence-electron chi connectivity index (χ0n) is 9.24. The van der Waals surface area contributed by atoms with E-state index < -0.39 is 0 Å². The maximum atomic E-state index is 5.69. The van der Waals surface area contributed by atoms with Crippen molar-refractivity contribution in [1.29, 1.82) is 0 Å². The van der Waals surface area contributed by atoms with Gasteiger partial charge < -0.3 is 10.1 Å². The quantitative estimate of drug-likeness (QED) is 0.850. The second-order valence-corrected chi connectivity index (χ2v) is 4.96. The van der Waals surface area contributed by atoms with E-state index >= 15 is 0 Å². The Morgan fingerprint density at radius 1 is 1.60 bits per heavy atom. The van der Waals surface area contributed by atoms with Crippen molar-refractivity contribution in [2.75, 3.05) is 13.2 Å². The molecule has 2 unspecified atom stereocenters. The summed E-state index contributed by atoms with van der Waals surface area (Å²) < 4.78 is 5.69. The molecule has 1 N–H and O–H groups in total. The van der Waals surface area contributed by atoms with Crippen LogP contribution in [0.4, 0.5) is 0 Å². The Kier molecular flexibility index (Phi) is 4.18. The van der Waals surface area contributed by atoms with Crippen LogP contribution in [0, 0.1) is 0 Å². The summed E-state index contributed by atoms with van der Waals surface area (Å²) in [5.74, 6) is 0. The third-order valence-electron chi connectivity index (χ3n) is 2.97. The maximum absolute atomic E-state index is 5.69. The number of nitrogens with one attached hydrogen (secondary N) is 1. The smallest absolute Gasteiger partial charge is 0.0699 e. The fourth-order valence-electron chi connectivity index (χ4n) is 1.92. The molecular formula is C12H19NOS. The van der Waals surface area contributed by atoms with E-state index in [1.54, 1.807) is 11.3 Å². The normalized spacial score (nSPS) is 23.9. The molecule has 1 aliphatic heterocycles. The molecule has 0 aromatic carbocycles. The topological polar surface area (TPSA) is 21.3 Å². The van der Waals surface area contributed by atoms with Gasteiger partial charge >= 0.3 is 0 Å². The number of thiophene rings is 1. The SMILES string of the molecule is CC(NCC1CCCCO1)c1ccsc1. The highest BCUT2D eigenvalue weighted by Gasteiger charge is 2.14. The van der Waals surface area contributed by atoms with Crippen molar-refractivity contribution in [3.05, 3.63) is 22.4 Å². The Morgan fingerprint density at radius 3 is 3.20 bits per heavy atom. The zero-order chi connectivity index (χ0) is 10.5. The molecule has 1 aromatic rings. The minimum Gasteiger partial charge on any atom is -0.377 e. The summed E-state index contributed by atoms with van der Waals surface area (Å²) in [6.45, 7) is 4.14. The fourth-order valence-corrected chi connectivity index (χ4v) is 2.67. The Hall–Kier alpha value is -0.380. The van der Waals surface area contributed by atoms with Crippen LogP contribution in [0.2, 0.25) is 0 Å². The van der Waals surface area contributed by atoms with E-state index in [4.69, 9.17) is 4.74 Å². The molecule has 3 heteroatoms. The van der Waals surface area contributed by atoms with E-state index in [-0.39, 0.29) is 0 Å². The van der Waals surface area contributed by atoms with Gasteiger partial charge in [0.25, 0.3) is 0 Å². The molecule has 1 fully saturated rings. The lowest BCUT2D eigenvalue weighted by atomic mass is 10.1. The van der Waals surface area contributed by atoms with Crippen LogP contribution in [-0.4, -0.2) is 19.3 Å². The molecule has 2 heterocycles. The Bertz CT molecular complexity index is 267. The Labute approximate surface area is 95.6 Å². The summed E-state index contributed by atoms with van der Waals surface area (Å²) in [6, 6.07) is 2.63. The van der Waals surface area contributed by atoms with Crippen molar-refractivity contribution >= 4 is 11.3 Å². The largest absolute Gasteiger partial charge is 0.377 e. The first-order chi connectivity index (χ1) is 7.36. The number of rotatable bonds is 4. The summed E-state index contributed by atoms with van der Waals surface area (Å²) in [4.78, 5) is 0. The second-order valence-electron chi connectivity index (χ2n) is 4.18. The average Bonchev–Trinajstić information content (AvgIpc) is 2.81. The summed E-state index contributed by atoms with van der Waals surface area (Å²) in [6.07, 6.45) is 4.19. The van der Waals surface area contributed by atoms with Gasteiger partial charge in [0.05, 0.1) is 6.10 Å². The van der Waals surface area contributed by atoms with Crippen molar-refractivity contribution in [2.45, 2.75) is 38.3 Å². The van der Waals surface area contributed by atoms with Gasteiger partial charge in [-0.15, -0.1) is 0 Å². The van der Waals surface area contributed by atoms with Crippen LogP contribution in [-0.2, 0) is 4.74 Å². The van der Waals surface area contributed by atoms with E-state index in [0.717, 1.165) is 13.2 Å². The molecule has 0 bridgehead atoms. The van der Waals surface area contributed by atoms with Gasteiger partial charge in [-0.25, -0.2) is 0 Å². The average molecular weight is 225 g/mol. The molecule has 0 amide bonds. The number of hydrogen-bond donors (Lipinski definition) is 1. The molecule has 2 nitrogen and oxygen atoms in total. The molecule has 0 saturated carbocycles. The van der Waals surface area contributed by atoms with Crippen LogP contribution in [0.25, 0.3) is 0 Å². The summed E-state index contributed by atoms with van der Waals surface area (Å²) in [7, 11) is 0. The molecule has 0 radical (unpaired) electrons. The first-order valence-electron chi connectivity index (χ1n) is 5.73. The van der Waals surface area contributed by atoms with Gasteiger partial charge in [0.2, 0.25) is 0 Å². The summed E-state index contributed by atoms with van der Waals surface area (Å²) in [5.41, 5.74) is 1.39. The van der Waals surface area contributed by atoms with Crippen LogP contribution >= 0.6 is 11.3 Å².